The Hall–Kier alpha value is -1.77. The van der Waals surface area contributed by atoms with Gasteiger partial charge in [-0.05, 0) is 65.5 Å². The van der Waals surface area contributed by atoms with E-state index in [2.05, 4.69) is 50.3 Å². The fourth-order valence-corrected chi connectivity index (χ4v) is 7.44. The lowest BCUT2D eigenvalue weighted by Crippen LogP contribution is -2.29. The molecule has 346 valence electrons. The molecule has 0 bridgehead atoms. The molecule has 9 nitrogen and oxygen atoms in total. The lowest BCUT2D eigenvalue weighted by Gasteiger charge is -2.20. The van der Waals surface area contributed by atoms with Crippen LogP contribution in [-0.2, 0) is 32.7 Å². The molecule has 59 heavy (non-hydrogen) atoms. The number of carbonyl (C=O) groups is 2. The van der Waals surface area contributed by atoms with Gasteiger partial charge in [-0.1, -0.05) is 192 Å². The molecule has 10 heteroatoms. The van der Waals surface area contributed by atoms with Crippen molar-refractivity contribution in [1.82, 2.24) is 4.90 Å². The molecule has 0 aromatic heterocycles. The largest absolute Gasteiger partial charge is 0.472 e. The summed E-state index contributed by atoms with van der Waals surface area (Å²) in [5.41, 5.74) is 0. The van der Waals surface area contributed by atoms with Crippen molar-refractivity contribution in [3.8, 4) is 0 Å². The van der Waals surface area contributed by atoms with E-state index in [1.165, 1.54) is 128 Å². The van der Waals surface area contributed by atoms with E-state index >= 15 is 0 Å². The number of rotatable bonds is 45. The van der Waals surface area contributed by atoms with Crippen molar-refractivity contribution in [2.24, 2.45) is 0 Å². The lowest BCUT2D eigenvalue weighted by molar-refractivity contribution is -0.161. The van der Waals surface area contributed by atoms with Crippen LogP contribution >= 0.6 is 7.82 Å². The fourth-order valence-electron chi connectivity index (χ4n) is 6.70. The fraction of sp³-hybridized carbons (Fsp3) is 0.837. The second-order valence-corrected chi connectivity index (χ2v) is 18.1. The van der Waals surface area contributed by atoms with Gasteiger partial charge in [0.05, 0.1) is 13.2 Å². The Balaban J connectivity index is 4.24. The number of likely N-dealkylation sites (N-methyl/N-ethyl adjacent to an activating group) is 1. The Bertz CT molecular complexity index is 1080. The Morgan fingerprint density at radius 2 is 0.915 bits per heavy atom. The quantitative estimate of drug-likeness (QED) is 0.0277. The highest BCUT2D eigenvalue weighted by molar-refractivity contribution is 7.47. The zero-order valence-electron chi connectivity index (χ0n) is 38.7. The first-order chi connectivity index (χ1) is 28.7. The molecule has 0 radical (unpaired) electrons. The predicted octanol–water partition coefficient (Wildman–Crippen LogP) is 14.3. The Kier molecular flexibility index (Phi) is 43.0. The highest BCUT2D eigenvalue weighted by Crippen LogP contribution is 2.43. The van der Waals surface area contributed by atoms with Gasteiger partial charge in [0.1, 0.15) is 6.61 Å². The summed E-state index contributed by atoms with van der Waals surface area (Å²) >= 11 is 0. The summed E-state index contributed by atoms with van der Waals surface area (Å²) in [5.74, 6) is -0.819. The van der Waals surface area contributed by atoms with Gasteiger partial charge in [-0.25, -0.2) is 4.57 Å². The number of esters is 2. The first-order valence-corrected chi connectivity index (χ1v) is 25.8. The number of nitrogens with zero attached hydrogens (tertiary/aromatic N) is 1. The molecule has 0 aromatic carbocycles. The summed E-state index contributed by atoms with van der Waals surface area (Å²) in [6.07, 6.45) is 49.0. The maximum atomic E-state index is 12.7. The average molecular weight is 854 g/mol. The van der Waals surface area contributed by atoms with Crippen LogP contribution in [0.3, 0.4) is 0 Å². The molecular weight excluding hydrogens is 762 g/mol. The van der Waals surface area contributed by atoms with E-state index in [0.29, 0.717) is 19.4 Å². The molecule has 0 aromatic rings. The van der Waals surface area contributed by atoms with Gasteiger partial charge in [-0.3, -0.25) is 18.6 Å². The standard InChI is InChI=1S/C49H92NO8P/c1-5-7-9-11-13-15-17-19-21-23-24-26-28-30-32-34-36-38-40-42-49(52)58-47(46-57-59(53,54)56-44-43-50(3)4)45-55-48(51)41-39-37-35-33-31-29-27-25-22-20-18-16-14-12-10-8-6-2/h14,16,20,22,27,29,47H,5-13,15,17-19,21,23-26,28,30-46H2,1-4H3,(H,53,54)/b16-14-,22-20-,29-27-. The zero-order chi connectivity index (χ0) is 43.3. The van der Waals surface area contributed by atoms with E-state index in [-0.39, 0.29) is 32.0 Å². The minimum absolute atomic E-state index is 0.00458. The number of carbonyl (C=O) groups excluding carboxylic acids is 2. The number of ether oxygens (including phenoxy) is 2. The van der Waals surface area contributed by atoms with Crippen molar-refractivity contribution in [2.75, 3.05) is 40.5 Å². The van der Waals surface area contributed by atoms with Crippen LogP contribution in [0, 0.1) is 0 Å². The second kappa shape index (κ2) is 44.3. The van der Waals surface area contributed by atoms with Crippen LogP contribution in [-0.4, -0.2) is 68.3 Å². The molecule has 0 saturated heterocycles. The van der Waals surface area contributed by atoms with Crippen molar-refractivity contribution < 1.29 is 37.6 Å². The Morgan fingerprint density at radius 3 is 1.39 bits per heavy atom. The monoisotopic (exact) mass is 854 g/mol. The van der Waals surface area contributed by atoms with Crippen molar-refractivity contribution in [1.29, 1.82) is 0 Å². The second-order valence-electron chi connectivity index (χ2n) is 16.6. The highest BCUT2D eigenvalue weighted by Gasteiger charge is 2.26. The molecule has 0 aliphatic carbocycles. The number of phosphoric acid groups is 1. The van der Waals surface area contributed by atoms with Gasteiger partial charge in [-0.15, -0.1) is 0 Å². The van der Waals surface area contributed by atoms with Gasteiger partial charge in [0, 0.05) is 19.4 Å². The van der Waals surface area contributed by atoms with E-state index in [9.17, 15) is 19.0 Å². The molecule has 2 unspecified atom stereocenters. The normalized spacial score (nSPS) is 13.6. The summed E-state index contributed by atoms with van der Waals surface area (Å²) in [7, 11) is -0.718. The molecular formula is C49H92NO8P. The highest BCUT2D eigenvalue weighted by atomic mass is 31.2. The van der Waals surface area contributed by atoms with Crippen LogP contribution in [0.15, 0.2) is 36.5 Å². The van der Waals surface area contributed by atoms with Crippen LogP contribution < -0.4 is 0 Å². The third-order valence-corrected chi connectivity index (χ3v) is 11.4. The molecule has 0 rings (SSSR count). The minimum atomic E-state index is -4.37. The molecule has 2 atom stereocenters. The van der Waals surface area contributed by atoms with E-state index in [1.54, 1.807) is 0 Å². The third-order valence-electron chi connectivity index (χ3n) is 10.4. The molecule has 0 saturated carbocycles. The number of unbranched alkanes of at least 4 members (excludes halogenated alkanes) is 25. The summed E-state index contributed by atoms with van der Waals surface area (Å²) in [6.45, 7) is 4.30. The van der Waals surface area contributed by atoms with Crippen molar-refractivity contribution in [2.45, 2.75) is 225 Å². The Labute approximate surface area is 363 Å². The zero-order valence-corrected chi connectivity index (χ0v) is 39.6. The number of hydrogen-bond donors (Lipinski definition) is 1. The first-order valence-electron chi connectivity index (χ1n) is 24.3. The van der Waals surface area contributed by atoms with E-state index in [0.717, 1.165) is 51.4 Å². The van der Waals surface area contributed by atoms with Crippen LogP contribution in [0.2, 0.25) is 0 Å². The number of phosphoric ester groups is 1. The van der Waals surface area contributed by atoms with Crippen LogP contribution in [0.1, 0.15) is 219 Å². The van der Waals surface area contributed by atoms with Crippen molar-refractivity contribution >= 4 is 19.8 Å². The molecule has 1 N–H and O–H groups in total. The molecule has 0 heterocycles. The Morgan fingerprint density at radius 1 is 0.525 bits per heavy atom. The maximum Gasteiger partial charge on any atom is 0.472 e. The van der Waals surface area contributed by atoms with Gasteiger partial charge in [-0.2, -0.15) is 0 Å². The number of hydrogen-bond acceptors (Lipinski definition) is 8. The molecule has 0 amide bonds. The van der Waals surface area contributed by atoms with Gasteiger partial charge in [0.2, 0.25) is 0 Å². The minimum Gasteiger partial charge on any atom is -0.462 e. The van der Waals surface area contributed by atoms with Crippen LogP contribution in [0.5, 0.6) is 0 Å². The average Bonchev–Trinajstić information content (AvgIpc) is 3.20. The van der Waals surface area contributed by atoms with E-state index < -0.39 is 26.5 Å². The van der Waals surface area contributed by atoms with Gasteiger partial charge < -0.3 is 19.3 Å². The summed E-state index contributed by atoms with van der Waals surface area (Å²) < 4.78 is 33.6. The predicted molar refractivity (Wildman–Crippen MR) is 248 cm³/mol. The first kappa shape index (κ1) is 57.2. The molecule has 0 aliphatic heterocycles. The molecule has 0 aliphatic rings. The summed E-state index contributed by atoms with van der Waals surface area (Å²) in [6, 6.07) is 0. The van der Waals surface area contributed by atoms with Crippen LogP contribution in [0.4, 0.5) is 0 Å². The maximum absolute atomic E-state index is 12.7. The van der Waals surface area contributed by atoms with Gasteiger partial charge >= 0.3 is 19.8 Å². The molecule has 0 spiro atoms. The van der Waals surface area contributed by atoms with E-state index in [1.807, 2.05) is 19.0 Å². The molecule has 0 fully saturated rings. The number of allylic oxidation sites excluding steroid dienone is 6. The van der Waals surface area contributed by atoms with Crippen molar-refractivity contribution in [3.05, 3.63) is 36.5 Å². The lowest BCUT2D eigenvalue weighted by atomic mass is 10.0. The SMILES string of the molecule is CCCCC/C=C\C/C=C\C/C=C\CCCCCCC(=O)OCC(COP(=O)(O)OCCN(C)C)OC(=O)CCCCCCCCCCCCCCCCCCCCC. The topological polar surface area (TPSA) is 112 Å². The van der Waals surface area contributed by atoms with Gasteiger partial charge in [0.15, 0.2) is 6.10 Å². The van der Waals surface area contributed by atoms with E-state index in [4.69, 9.17) is 18.5 Å². The van der Waals surface area contributed by atoms with Gasteiger partial charge in [0.25, 0.3) is 0 Å². The smallest absolute Gasteiger partial charge is 0.462 e. The third kappa shape index (κ3) is 45.6. The van der Waals surface area contributed by atoms with Crippen LogP contribution in [0.25, 0.3) is 0 Å². The summed E-state index contributed by atoms with van der Waals surface area (Å²) in [4.78, 5) is 37.1. The summed E-state index contributed by atoms with van der Waals surface area (Å²) in [5, 5.41) is 0. The van der Waals surface area contributed by atoms with Crippen molar-refractivity contribution in [3.63, 3.8) is 0 Å².